The van der Waals surface area contributed by atoms with E-state index in [2.05, 4.69) is 23.6 Å². The fourth-order valence-electron chi connectivity index (χ4n) is 2.44. The smallest absolute Gasteiger partial charge is 0.0441 e. The van der Waals surface area contributed by atoms with Gasteiger partial charge in [0.15, 0.2) is 0 Å². The van der Waals surface area contributed by atoms with Gasteiger partial charge in [0.1, 0.15) is 0 Å². The van der Waals surface area contributed by atoms with Crippen molar-refractivity contribution in [3.63, 3.8) is 0 Å². The molecule has 1 fully saturated rings. The van der Waals surface area contributed by atoms with Gasteiger partial charge in [-0.3, -0.25) is 0 Å². The van der Waals surface area contributed by atoms with Gasteiger partial charge in [0.05, 0.1) is 0 Å². The zero-order valence-corrected chi connectivity index (χ0v) is 9.68. The van der Waals surface area contributed by atoms with Crippen LogP contribution in [0.25, 0.3) is 0 Å². The number of aromatic nitrogens is 1. The Morgan fingerprint density at radius 1 is 1.57 bits per heavy atom. The molecule has 0 aliphatic heterocycles. The van der Waals surface area contributed by atoms with Gasteiger partial charge in [-0.1, -0.05) is 13.8 Å². The zero-order valence-electron chi connectivity index (χ0n) is 8.86. The normalized spacial score (nSPS) is 31.6. The fraction of sp³-hybridized carbons (Fsp3) is 0.727. The van der Waals surface area contributed by atoms with Gasteiger partial charge < -0.3 is 5.73 Å². The second-order valence-corrected chi connectivity index (χ2v) is 5.69. The average Bonchev–Trinajstić information content (AvgIpc) is 2.62. The van der Waals surface area contributed by atoms with Crippen LogP contribution >= 0.6 is 11.5 Å². The van der Waals surface area contributed by atoms with Crippen LogP contribution in [0.5, 0.6) is 0 Å². The van der Waals surface area contributed by atoms with Crippen LogP contribution in [-0.4, -0.2) is 10.4 Å². The summed E-state index contributed by atoms with van der Waals surface area (Å²) in [6.45, 7) is 4.70. The molecule has 0 saturated heterocycles. The van der Waals surface area contributed by atoms with Gasteiger partial charge in [0.2, 0.25) is 0 Å². The molecule has 2 N–H and O–H groups in total. The van der Waals surface area contributed by atoms with E-state index in [9.17, 15) is 0 Å². The first kappa shape index (κ1) is 10.1. The van der Waals surface area contributed by atoms with Crippen molar-refractivity contribution in [1.82, 2.24) is 4.37 Å². The minimum atomic E-state index is 0.382. The highest BCUT2D eigenvalue weighted by Crippen LogP contribution is 2.46. The molecule has 1 aliphatic carbocycles. The summed E-state index contributed by atoms with van der Waals surface area (Å²) in [5.74, 6) is 0.602. The van der Waals surface area contributed by atoms with Gasteiger partial charge in [-0.25, -0.2) is 4.37 Å². The summed E-state index contributed by atoms with van der Waals surface area (Å²) >= 11 is 1.54. The molecule has 78 valence electrons. The lowest BCUT2D eigenvalue weighted by atomic mass is 9.65. The van der Waals surface area contributed by atoms with Gasteiger partial charge in [-0.05, 0) is 47.7 Å². The predicted molar refractivity (Wildman–Crippen MR) is 60.5 cm³/mol. The minimum Gasteiger partial charge on any atom is -0.328 e. The summed E-state index contributed by atoms with van der Waals surface area (Å²) in [6, 6.07) is 0.382. The van der Waals surface area contributed by atoms with E-state index in [-0.39, 0.29) is 0 Å². The quantitative estimate of drug-likeness (QED) is 0.774. The Bertz CT molecular complexity index is 292. The highest BCUT2D eigenvalue weighted by atomic mass is 32.1. The Labute approximate surface area is 89.7 Å². The molecule has 2 atom stereocenters. The number of rotatable bonds is 1. The van der Waals surface area contributed by atoms with E-state index in [0.29, 0.717) is 17.4 Å². The van der Waals surface area contributed by atoms with Crippen LogP contribution in [0.1, 0.15) is 44.6 Å². The lowest BCUT2D eigenvalue weighted by Gasteiger charge is -2.40. The third-order valence-electron chi connectivity index (χ3n) is 3.50. The van der Waals surface area contributed by atoms with Crippen molar-refractivity contribution in [2.24, 2.45) is 11.1 Å². The molecule has 1 aromatic heterocycles. The number of nitrogens with two attached hydrogens (primary N) is 1. The third-order valence-corrected chi connectivity index (χ3v) is 4.10. The molecule has 1 heterocycles. The summed E-state index contributed by atoms with van der Waals surface area (Å²) in [4.78, 5) is 0. The molecular formula is C11H18N2S. The van der Waals surface area contributed by atoms with E-state index < -0.39 is 0 Å². The second-order valence-electron chi connectivity index (χ2n) is 5.03. The van der Waals surface area contributed by atoms with E-state index in [0.717, 1.165) is 6.42 Å². The van der Waals surface area contributed by atoms with E-state index in [1.807, 2.05) is 6.20 Å². The largest absolute Gasteiger partial charge is 0.328 e. The Balaban J connectivity index is 2.22. The maximum atomic E-state index is 6.04. The van der Waals surface area contributed by atoms with Crippen molar-refractivity contribution in [2.75, 3.05) is 0 Å². The second kappa shape index (κ2) is 3.63. The molecule has 0 aromatic carbocycles. The first-order chi connectivity index (χ1) is 6.59. The van der Waals surface area contributed by atoms with Crippen LogP contribution in [0, 0.1) is 5.41 Å². The van der Waals surface area contributed by atoms with Crippen molar-refractivity contribution in [3.05, 3.63) is 17.1 Å². The van der Waals surface area contributed by atoms with Crippen LogP contribution in [0.2, 0.25) is 0 Å². The number of hydrogen-bond donors (Lipinski definition) is 1. The summed E-state index contributed by atoms with van der Waals surface area (Å²) < 4.78 is 4.19. The van der Waals surface area contributed by atoms with Gasteiger partial charge in [0.25, 0.3) is 0 Å². The molecule has 3 heteroatoms. The summed E-state index contributed by atoms with van der Waals surface area (Å²) in [5.41, 5.74) is 7.81. The van der Waals surface area contributed by atoms with Crippen molar-refractivity contribution < 1.29 is 0 Å². The molecule has 2 nitrogen and oxygen atoms in total. The van der Waals surface area contributed by atoms with Gasteiger partial charge in [0, 0.05) is 17.6 Å². The molecule has 0 bridgehead atoms. The SMILES string of the molecule is CC1(C)CCC(N)CC1c1cnsc1. The Hall–Kier alpha value is -0.410. The first-order valence-corrected chi connectivity index (χ1v) is 6.08. The number of hydrogen-bond acceptors (Lipinski definition) is 3. The summed E-state index contributed by atoms with van der Waals surface area (Å²) in [5, 5.41) is 2.17. The van der Waals surface area contributed by atoms with Crippen molar-refractivity contribution >= 4 is 11.5 Å². The van der Waals surface area contributed by atoms with Crippen LogP contribution < -0.4 is 5.73 Å². The fourth-order valence-corrected chi connectivity index (χ4v) is 3.03. The van der Waals surface area contributed by atoms with E-state index >= 15 is 0 Å². The maximum Gasteiger partial charge on any atom is 0.0441 e. The molecule has 1 saturated carbocycles. The van der Waals surface area contributed by atoms with Crippen molar-refractivity contribution in [3.8, 4) is 0 Å². The zero-order chi connectivity index (χ0) is 10.2. The Morgan fingerprint density at radius 3 is 3.00 bits per heavy atom. The Kier molecular flexibility index (Phi) is 2.62. The van der Waals surface area contributed by atoms with Crippen molar-refractivity contribution in [1.29, 1.82) is 0 Å². The van der Waals surface area contributed by atoms with Crippen LogP contribution in [0.15, 0.2) is 11.6 Å². The highest BCUT2D eigenvalue weighted by Gasteiger charge is 2.36. The van der Waals surface area contributed by atoms with E-state index in [4.69, 9.17) is 5.73 Å². The van der Waals surface area contributed by atoms with Gasteiger partial charge in [-0.15, -0.1) is 0 Å². The van der Waals surface area contributed by atoms with Crippen LogP contribution in [0.3, 0.4) is 0 Å². The molecule has 0 radical (unpaired) electrons. The molecule has 0 spiro atoms. The van der Waals surface area contributed by atoms with Crippen LogP contribution in [-0.2, 0) is 0 Å². The topological polar surface area (TPSA) is 38.9 Å². The first-order valence-electron chi connectivity index (χ1n) is 5.24. The monoisotopic (exact) mass is 210 g/mol. The number of nitrogens with zero attached hydrogens (tertiary/aromatic N) is 1. The van der Waals surface area contributed by atoms with Crippen molar-refractivity contribution in [2.45, 2.75) is 45.1 Å². The highest BCUT2D eigenvalue weighted by molar-refractivity contribution is 7.03. The molecular weight excluding hydrogens is 192 g/mol. The predicted octanol–water partition coefficient (Wildman–Crippen LogP) is 2.76. The minimum absolute atomic E-state index is 0.382. The summed E-state index contributed by atoms with van der Waals surface area (Å²) in [7, 11) is 0. The molecule has 1 aliphatic rings. The van der Waals surface area contributed by atoms with Gasteiger partial charge >= 0.3 is 0 Å². The Morgan fingerprint density at radius 2 is 2.36 bits per heavy atom. The molecule has 0 amide bonds. The molecule has 14 heavy (non-hydrogen) atoms. The molecule has 1 aromatic rings. The standard InChI is InChI=1S/C11H18N2S/c1-11(2)4-3-9(12)5-10(11)8-6-13-14-7-8/h6-7,9-10H,3-5,12H2,1-2H3. The lowest BCUT2D eigenvalue weighted by Crippen LogP contribution is -2.36. The average molecular weight is 210 g/mol. The van der Waals surface area contributed by atoms with E-state index in [1.54, 1.807) is 11.5 Å². The van der Waals surface area contributed by atoms with Gasteiger partial charge in [-0.2, -0.15) is 0 Å². The molecule has 2 rings (SSSR count). The molecule has 2 unspecified atom stereocenters. The lowest BCUT2D eigenvalue weighted by molar-refractivity contribution is 0.183. The van der Waals surface area contributed by atoms with E-state index in [1.165, 1.54) is 18.4 Å². The van der Waals surface area contributed by atoms with Crippen LogP contribution in [0.4, 0.5) is 0 Å². The maximum absolute atomic E-state index is 6.04. The third kappa shape index (κ3) is 1.84. The summed E-state index contributed by atoms with van der Waals surface area (Å²) in [6.07, 6.45) is 5.52.